The number of rotatable bonds is 5. The van der Waals surface area contributed by atoms with Gasteiger partial charge < -0.3 is 15.3 Å². The number of nitrogens with one attached hydrogen (secondary N) is 1. The summed E-state index contributed by atoms with van der Waals surface area (Å²) in [7, 11) is 0. The van der Waals surface area contributed by atoms with E-state index in [1.54, 1.807) is 23.1 Å². The molecule has 29 heavy (non-hydrogen) atoms. The Bertz CT molecular complexity index is 939. The summed E-state index contributed by atoms with van der Waals surface area (Å²) in [5.74, 6) is -1.36. The maximum atomic E-state index is 12.9. The van der Waals surface area contributed by atoms with Crippen molar-refractivity contribution in [2.75, 3.05) is 11.4 Å². The molecule has 2 aromatic carbocycles. The molecule has 1 heterocycles. The molecular weight excluding hydrogens is 385 g/mol. The molecule has 5 nitrogen and oxygen atoms in total. The lowest BCUT2D eigenvalue weighted by atomic mass is 9.91. The van der Waals surface area contributed by atoms with Crippen LogP contribution in [0.5, 0.6) is 0 Å². The third-order valence-electron chi connectivity index (χ3n) is 4.77. The van der Waals surface area contributed by atoms with Crippen LogP contribution in [-0.2, 0) is 28.6 Å². The zero-order valence-electron chi connectivity index (χ0n) is 15.4. The number of hydrogen-bond donors (Lipinski definition) is 2. The van der Waals surface area contributed by atoms with Crippen LogP contribution < -0.4 is 10.2 Å². The highest BCUT2D eigenvalue weighted by atomic mass is 19.4. The predicted molar refractivity (Wildman–Crippen MR) is 102 cm³/mol. The van der Waals surface area contributed by atoms with E-state index in [4.69, 9.17) is 0 Å². The van der Waals surface area contributed by atoms with Crippen LogP contribution in [0.3, 0.4) is 0 Å². The van der Waals surface area contributed by atoms with Crippen LogP contribution in [0.4, 0.5) is 24.5 Å². The van der Waals surface area contributed by atoms with Crippen molar-refractivity contribution in [3.8, 4) is 0 Å². The standard InChI is InChI=1S/C21H19F3N2O3/c1-2-19(27)25-15-11-17-13(10-20(28)29)4-3-5-18(17)26(12-15)16-8-6-14(7-9-16)21(22,23)24/h2-9,15H,1,10-12H2,(H,25,27)(H,28,29)/t15-/m1/s1. The maximum Gasteiger partial charge on any atom is 0.416 e. The molecule has 0 spiro atoms. The Balaban J connectivity index is 2.03. The number of alkyl halides is 3. The third-order valence-corrected chi connectivity index (χ3v) is 4.77. The predicted octanol–water partition coefficient (Wildman–Crippen LogP) is 3.70. The highest BCUT2D eigenvalue weighted by Gasteiger charge is 2.32. The summed E-state index contributed by atoms with van der Waals surface area (Å²) < 4.78 is 38.7. The summed E-state index contributed by atoms with van der Waals surface area (Å²) in [5, 5.41) is 12.0. The average Bonchev–Trinajstić information content (AvgIpc) is 2.67. The highest BCUT2D eigenvalue weighted by Crippen LogP contribution is 2.37. The summed E-state index contributed by atoms with van der Waals surface area (Å²) in [6.07, 6.45) is -3.07. The Labute approximate surface area is 165 Å². The lowest BCUT2D eigenvalue weighted by molar-refractivity contribution is -0.138. The molecule has 0 aromatic heterocycles. The first-order chi connectivity index (χ1) is 13.7. The SMILES string of the molecule is C=CC(=O)N[C@@H]1Cc2c(CC(=O)O)cccc2N(c2ccc(C(F)(F)F)cc2)C1. The van der Waals surface area contributed by atoms with Crippen LogP contribution in [0, 0.1) is 0 Å². The number of anilines is 2. The lowest BCUT2D eigenvalue weighted by Gasteiger charge is -2.37. The highest BCUT2D eigenvalue weighted by molar-refractivity contribution is 5.87. The number of hydrogen-bond acceptors (Lipinski definition) is 3. The molecule has 1 atom stereocenters. The van der Waals surface area contributed by atoms with Crippen LogP contribution in [0.1, 0.15) is 16.7 Å². The van der Waals surface area contributed by atoms with Gasteiger partial charge in [-0.05, 0) is 54.0 Å². The second-order valence-electron chi connectivity index (χ2n) is 6.75. The number of carbonyl (C=O) groups is 2. The van der Waals surface area contributed by atoms with Gasteiger partial charge in [0.15, 0.2) is 0 Å². The van der Waals surface area contributed by atoms with E-state index in [1.807, 2.05) is 0 Å². The van der Waals surface area contributed by atoms with Gasteiger partial charge in [-0.15, -0.1) is 0 Å². The molecule has 0 saturated carbocycles. The summed E-state index contributed by atoms with van der Waals surface area (Å²) in [4.78, 5) is 24.8. The normalized spacial score (nSPS) is 16.1. The number of carboxylic acids is 1. The fraction of sp³-hybridized carbons (Fsp3) is 0.238. The van der Waals surface area contributed by atoms with E-state index in [1.165, 1.54) is 12.1 Å². The molecule has 2 N–H and O–H groups in total. The lowest BCUT2D eigenvalue weighted by Crippen LogP contribution is -2.46. The van der Waals surface area contributed by atoms with Crippen LogP contribution in [0.25, 0.3) is 0 Å². The van der Waals surface area contributed by atoms with Gasteiger partial charge in [0.05, 0.1) is 18.0 Å². The van der Waals surface area contributed by atoms with Crippen molar-refractivity contribution in [3.05, 3.63) is 71.8 Å². The van der Waals surface area contributed by atoms with Crippen molar-refractivity contribution in [2.45, 2.75) is 25.1 Å². The molecule has 0 aliphatic carbocycles. The zero-order valence-corrected chi connectivity index (χ0v) is 15.4. The van der Waals surface area contributed by atoms with Gasteiger partial charge in [-0.1, -0.05) is 18.7 Å². The number of carbonyl (C=O) groups excluding carboxylic acids is 1. The Hall–Kier alpha value is -3.29. The van der Waals surface area contributed by atoms with Crippen molar-refractivity contribution >= 4 is 23.3 Å². The first-order valence-corrected chi connectivity index (χ1v) is 8.89. The van der Waals surface area contributed by atoms with Crippen LogP contribution in [-0.4, -0.2) is 29.6 Å². The molecule has 1 aliphatic heterocycles. The van der Waals surface area contributed by atoms with E-state index in [0.29, 0.717) is 29.9 Å². The number of aliphatic carboxylic acids is 1. The largest absolute Gasteiger partial charge is 0.481 e. The van der Waals surface area contributed by atoms with Crippen molar-refractivity contribution in [3.63, 3.8) is 0 Å². The zero-order chi connectivity index (χ0) is 21.2. The molecule has 1 aliphatic rings. The average molecular weight is 404 g/mol. The Morgan fingerprint density at radius 3 is 2.48 bits per heavy atom. The number of amides is 1. The molecule has 152 valence electrons. The van der Waals surface area contributed by atoms with Crippen molar-refractivity contribution < 1.29 is 27.9 Å². The molecular formula is C21H19F3N2O3. The number of nitrogens with zero attached hydrogens (tertiary/aromatic N) is 1. The van der Waals surface area contributed by atoms with Crippen molar-refractivity contribution in [2.24, 2.45) is 0 Å². The fourth-order valence-corrected chi connectivity index (χ4v) is 3.50. The summed E-state index contributed by atoms with van der Waals surface area (Å²) >= 11 is 0. The molecule has 0 unspecified atom stereocenters. The number of carboxylic acid groups (broad SMARTS) is 1. The van der Waals surface area contributed by atoms with Crippen LogP contribution in [0.15, 0.2) is 55.1 Å². The minimum atomic E-state index is -4.44. The summed E-state index contributed by atoms with van der Waals surface area (Å²) in [5.41, 5.74) is 1.83. The quantitative estimate of drug-likeness (QED) is 0.746. The van der Waals surface area contributed by atoms with Gasteiger partial charge in [0.1, 0.15) is 0 Å². The van der Waals surface area contributed by atoms with E-state index in [9.17, 15) is 27.9 Å². The molecule has 0 bridgehead atoms. The van der Waals surface area contributed by atoms with Crippen LogP contribution in [0.2, 0.25) is 0 Å². The van der Waals surface area contributed by atoms with E-state index in [-0.39, 0.29) is 18.4 Å². The van der Waals surface area contributed by atoms with Gasteiger partial charge in [0.2, 0.25) is 5.91 Å². The Kier molecular flexibility index (Phi) is 5.63. The third kappa shape index (κ3) is 4.59. The maximum absolute atomic E-state index is 12.9. The van der Waals surface area contributed by atoms with Gasteiger partial charge >= 0.3 is 12.1 Å². The molecule has 0 radical (unpaired) electrons. The molecule has 0 saturated heterocycles. The van der Waals surface area contributed by atoms with Gasteiger partial charge in [-0.3, -0.25) is 9.59 Å². The number of fused-ring (bicyclic) bond motifs is 1. The second kappa shape index (κ2) is 7.98. The minimum absolute atomic E-state index is 0.188. The number of halogens is 3. The van der Waals surface area contributed by atoms with Gasteiger partial charge in [0.25, 0.3) is 0 Å². The van der Waals surface area contributed by atoms with Crippen molar-refractivity contribution in [1.82, 2.24) is 5.32 Å². The van der Waals surface area contributed by atoms with E-state index in [2.05, 4.69) is 11.9 Å². The first-order valence-electron chi connectivity index (χ1n) is 8.89. The molecule has 1 amide bonds. The van der Waals surface area contributed by atoms with Gasteiger partial charge in [-0.2, -0.15) is 13.2 Å². The van der Waals surface area contributed by atoms with Gasteiger partial charge in [0, 0.05) is 17.9 Å². The minimum Gasteiger partial charge on any atom is -0.481 e. The van der Waals surface area contributed by atoms with Gasteiger partial charge in [-0.25, -0.2) is 0 Å². The Morgan fingerprint density at radius 2 is 1.90 bits per heavy atom. The fourth-order valence-electron chi connectivity index (χ4n) is 3.50. The summed E-state index contributed by atoms with van der Waals surface area (Å²) in [6.45, 7) is 3.76. The first kappa shape index (κ1) is 20.4. The summed E-state index contributed by atoms with van der Waals surface area (Å²) in [6, 6.07) is 9.60. The van der Waals surface area contributed by atoms with Crippen LogP contribution >= 0.6 is 0 Å². The van der Waals surface area contributed by atoms with E-state index >= 15 is 0 Å². The molecule has 2 aromatic rings. The van der Waals surface area contributed by atoms with E-state index < -0.39 is 17.7 Å². The van der Waals surface area contributed by atoms with Crippen molar-refractivity contribution in [1.29, 1.82) is 0 Å². The molecule has 3 rings (SSSR count). The topological polar surface area (TPSA) is 69.6 Å². The van der Waals surface area contributed by atoms with E-state index in [0.717, 1.165) is 23.8 Å². The molecule has 8 heteroatoms. The smallest absolute Gasteiger partial charge is 0.416 e. The monoisotopic (exact) mass is 404 g/mol. The second-order valence-corrected chi connectivity index (χ2v) is 6.75. The number of benzene rings is 2. The Morgan fingerprint density at radius 1 is 1.21 bits per heavy atom. The molecule has 0 fully saturated rings.